The van der Waals surface area contributed by atoms with Gasteiger partial charge in [-0.25, -0.2) is 9.67 Å². The lowest BCUT2D eigenvalue weighted by molar-refractivity contribution is -0.116. The molecule has 0 aliphatic rings. The van der Waals surface area contributed by atoms with Crippen LogP contribution in [0, 0.1) is 0 Å². The highest BCUT2D eigenvalue weighted by molar-refractivity contribution is 6.36. The maximum absolute atomic E-state index is 12.7. The number of halogens is 2. The summed E-state index contributed by atoms with van der Waals surface area (Å²) >= 11 is 11.9. The number of para-hydroxylation sites is 1. The van der Waals surface area contributed by atoms with Crippen molar-refractivity contribution in [2.24, 2.45) is 0 Å². The molecular formula is C19H13Cl2N5O2. The Morgan fingerprint density at radius 2 is 1.89 bits per heavy atom. The van der Waals surface area contributed by atoms with Crippen molar-refractivity contribution < 1.29 is 4.79 Å². The van der Waals surface area contributed by atoms with E-state index in [4.69, 9.17) is 23.2 Å². The van der Waals surface area contributed by atoms with Crippen molar-refractivity contribution in [1.82, 2.24) is 19.3 Å². The number of nitrogens with one attached hydrogen (secondary N) is 1. The van der Waals surface area contributed by atoms with Crippen LogP contribution >= 0.6 is 23.2 Å². The lowest BCUT2D eigenvalue weighted by atomic mass is 10.3. The SMILES string of the molecule is O=C(Cn1cnc2c(cnn2-c2ccccc2)c1=O)Nc1ccc(Cl)cc1Cl. The fourth-order valence-electron chi connectivity index (χ4n) is 2.75. The summed E-state index contributed by atoms with van der Waals surface area (Å²) in [5.41, 5.74) is 1.27. The van der Waals surface area contributed by atoms with Gasteiger partial charge in [-0.2, -0.15) is 5.10 Å². The zero-order valence-corrected chi connectivity index (χ0v) is 15.9. The molecule has 0 fully saturated rings. The summed E-state index contributed by atoms with van der Waals surface area (Å²) in [4.78, 5) is 29.3. The predicted molar refractivity (Wildman–Crippen MR) is 108 cm³/mol. The van der Waals surface area contributed by atoms with Crippen LogP contribution in [0.2, 0.25) is 10.0 Å². The summed E-state index contributed by atoms with van der Waals surface area (Å²) in [6, 6.07) is 14.1. The van der Waals surface area contributed by atoms with Crippen LogP contribution in [-0.4, -0.2) is 25.2 Å². The maximum Gasteiger partial charge on any atom is 0.264 e. The number of fused-ring (bicyclic) bond motifs is 1. The number of nitrogens with zero attached hydrogens (tertiary/aromatic N) is 4. The number of hydrogen-bond acceptors (Lipinski definition) is 4. The summed E-state index contributed by atoms with van der Waals surface area (Å²) in [5.74, 6) is -0.414. The maximum atomic E-state index is 12.7. The van der Waals surface area contributed by atoms with E-state index in [0.29, 0.717) is 26.8 Å². The van der Waals surface area contributed by atoms with E-state index in [1.54, 1.807) is 16.8 Å². The first-order valence-electron chi connectivity index (χ1n) is 8.26. The minimum atomic E-state index is -0.414. The fraction of sp³-hybridized carbons (Fsp3) is 0.0526. The number of hydrogen-bond donors (Lipinski definition) is 1. The number of anilines is 1. The number of carbonyl (C=O) groups is 1. The monoisotopic (exact) mass is 413 g/mol. The van der Waals surface area contributed by atoms with Gasteiger partial charge in [-0.05, 0) is 30.3 Å². The summed E-state index contributed by atoms with van der Waals surface area (Å²) in [5, 5.41) is 8.00. The highest BCUT2D eigenvalue weighted by Crippen LogP contribution is 2.25. The van der Waals surface area contributed by atoms with Crippen LogP contribution in [0.15, 0.2) is 65.8 Å². The van der Waals surface area contributed by atoms with Crippen molar-refractivity contribution in [3.63, 3.8) is 0 Å². The molecule has 0 saturated carbocycles. The van der Waals surface area contributed by atoms with Gasteiger partial charge in [0.25, 0.3) is 5.56 Å². The lowest BCUT2D eigenvalue weighted by Gasteiger charge is -2.09. The molecule has 0 bridgehead atoms. The molecule has 1 N–H and O–H groups in total. The molecule has 0 aliphatic heterocycles. The van der Waals surface area contributed by atoms with Crippen molar-refractivity contribution in [2.75, 3.05) is 5.32 Å². The molecule has 0 saturated heterocycles. The molecule has 4 aromatic rings. The van der Waals surface area contributed by atoms with Gasteiger partial charge in [0.2, 0.25) is 5.91 Å². The van der Waals surface area contributed by atoms with Gasteiger partial charge < -0.3 is 5.32 Å². The first-order valence-corrected chi connectivity index (χ1v) is 9.02. The zero-order chi connectivity index (χ0) is 19.7. The Bertz CT molecular complexity index is 1230. The van der Waals surface area contributed by atoms with E-state index in [-0.39, 0.29) is 12.1 Å². The lowest BCUT2D eigenvalue weighted by Crippen LogP contribution is -2.28. The molecule has 0 unspecified atom stereocenters. The van der Waals surface area contributed by atoms with Crippen molar-refractivity contribution in [3.05, 3.63) is 81.5 Å². The Morgan fingerprint density at radius 3 is 2.64 bits per heavy atom. The third-order valence-electron chi connectivity index (χ3n) is 4.07. The molecule has 4 rings (SSSR count). The number of carbonyl (C=O) groups excluding carboxylic acids is 1. The Hall–Kier alpha value is -3.16. The van der Waals surface area contributed by atoms with E-state index in [0.717, 1.165) is 5.69 Å². The smallest absolute Gasteiger partial charge is 0.264 e. The number of aromatic nitrogens is 4. The summed E-state index contributed by atoms with van der Waals surface area (Å²) < 4.78 is 2.80. The molecule has 28 heavy (non-hydrogen) atoms. The minimum absolute atomic E-state index is 0.211. The summed E-state index contributed by atoms with van der Waals surface area (Å²) in [6.45, 7) is -0.211. The largest absolute Gasteiger partial charge is 0.323 e. The van der Waals surface area contributed by atoms with Crippen LogP contribution in [0.5, 0.6) is 0 Å². The average molecular weight is 414 g/mol. The standard InChI is InChI=1S/C19H13Cl2N5O2/c20-12-6-7-16(15(21)8-12)24-17(27)10-25-11-22-18-14(19(25)28)9-23-26(18)13-4-2-1-3-5-13/h1-9,11H,10H2,(H,24,27). The van der Waals surface area contributed by atoms with Crippen LogP contribution in [0.3, 0.4) is 0 Å². The van der Waals surface area contributed by atoms with Crippen molar-refractivity contribution >= 4 is 45.8 Å². The van der Waals surface area contributed by atoms with Crippen molar-refractivity contribution in [2.45, 2.75) is 6.54 Å². The normalized spacial score (nSPS) is 10.9. The Kier molecular flexibility index (Phi) is 4.85. The molecular weight excluding hydrogens is 401 g/mol. The van der Waals surface area contributed by atoms with Gasteiger partial charge in [0.1, 0.15) is 18.3 Å². The fourth-order valence-corrected chi connectivity index (χ4v) is 3.21. The second-order valence-electron chi connectivity index (χ2n) is 5.98. The van der Waals surface area contributed by atoms with Gasteiger partial charge in [0, 0.05) is 5.02 Å². The van der Waals surface area contributed by atoms with Crippen molar-refractivity contribution in [1.29, 1.82) is 0 Å². The van der Waals surface area contributed by atoms with E-state index < -0.39 is 5.91 Å². The molecule has 0 radical (unpaired) electrons. The summed E-state index contributed by atoms with van der Waals surface area (Å²) in [6.07, 6.45) is 2.77. The van der Waals surface area contributed by atoms with Gasteiger partial charge in [-0.1, -0.05) is 41.4 Å². The van der Waals surface area contributed by atoms with Crippen LogP contribution in [-0.2, 0) is 11.3 Å². The van der Waals surface area contributed by atoms with E-state index >= 15 is 0 Å². The van der Waals surface area contributed by atoms with Crippen LogP contribution < -0.4 is 10.9 Å². The first-order chi connectivity index (χ1) is 13.5. The minimum Gasteiger partial charge on any atom is -0.323 e. The second kappa shape index (κ2) is 7.46. The van der Waals surface area contributed by atoms with Crippen LogP contribution in [0.4, 0.5) is 5.69 Å². The van der Waals surface area contributed by atoms with Crippen LogP contribution in [0.25, 0.3) is 16.7 Å². The molecule has 7 nitrogen and oxygen atoms in total. The van der Waals surface area contributed by atoms with Gasteiger partial charge in [-0.15, -0.1) is 0 Å². The topological polar surface area (TPSA) is 81.8 Å². The zero-order valence-electron chi connectivity index (χ0n) is 14.3. The van der Waals surface area contributed by atoms with Crippen LogP contribution in [0.1, 0.15) is 0 Å². The van der Waals surface area contributed by atoms with Crippen molar-refractivity contribution in [3.8, 4) is 5.69 Å². The Morgan fingerprint density at radius 1 is 1.11 bits per heavy atom. The first kappa shape index (κ1) is 18.2. The van der Waals surface area contributed by atoms with E-state index in [9.17, 15) is 9.59 Å². The van der Waals surface area contributed by atoms with Gasteiger partial charge in [0.15, 0.2) is 5.65 Å². The number of amides is 1. The summed E-state index contributed by atoms with van der Waals surface area (Å²) in [7, 11) is 0. The Balaban J connectivity index is 1.60. The highest BCUT2D eigenvalue weighted by atomic mass is 35.5. The van der Waals surface area contributed by atoms with Gasteiger partial charge in [0.05, 0.1) is 22.6 Å². The van der Waals surface area contributed by atoms with E-state index in [1.165, 1.54) is 23.2 Å². The molecule has 2 heterocycles. The average Bonchev–Trinajstić information content (AvgIpc) is 3.12. The second-order valence-corrected chi connectivity index (χ2v) is 6.82. The molecule has 0 atom stereocenters. The van der Waals surface area contributed by atoms with E-state index in [1.807, 2.05) is 30.3 Å². The third-order valence-corrected chi connectivity index (χ3v) is 4.62. The number of benzene rings is 2. The quantitative estimate of drug-likeness (QED) is 0.554. The molecule has 1 amide bonds. The molecule has 2 aromatic carbocycles. The van der Waals surface area contributed by atoms with Gasteiger partial charge >= 0.3 is 0 Å². The van der Waals surface area contributed by atoms with Gasteiger partial charge in [-0.3, -0.25) is 14.2 Å². The molecule has 2 aromatic heterocycles. The number of rotatable bonds is 4. The highest BCUT2D eigenvalue weighted by Gasteiger charge is 2.14. The predicted octanol–water partition coefficient (Wildman–Crippen LogP) is 3.53. The molecule has 140 valence electrons. The molecule has 0 aliphatic carbocycles. The third kappa shape index (κ3) is 3.49. The molecule has 0 spiro atoms. The Labute approximate surface area is 169 Å². The molecule has 9 heteroatoms. The van der Waals surface area contributed by atoms with E-state index in [2.05, 4.69) is 15.4 Å².